The molecule has 25 heavy (non-hydrogen) atoms. The number of nitrogens with one attached hydrogen (secondary N) is 2. The Kier molecular flexibility index (Phi) is 11.3. The van der Waals surface area contributed by atoms with Gasteiger partial charge in [0, 0.05) is 53.3 Å². The average molecular weight is 478 g/mol. The normalized spacial score (nSPS) is 21.9. The van der Waals surface area contributed by atoms with E-state index in [1.165, 1.54) is 5.56 Å². The highest BCUT2D eigenvalue weighted by Crippen LogP contribution is 2.22. The summed E-state index contributed by atoms with van der Waals surface area (Å²) in [7, 11) is -0.690. The van der Waals surface area contributed by atoms with Gasteiger partial charge >= 0.3 is 0 Å². The number of hydrogen-bond acceptors (Lipinski definition) is 3. The van der Waals surface area contributed by atoms with Gasteiger partial charge in [-0.2, -0.15) is 0 Å². The summed E-state index contributed by atoms with van der Waals surface area (Å²) >= 11 is 0. The third-order valence-corrected chi connectivity index (χ3v) is 6.10. The molecule has 0 aliphatic heterocycles. The largest absolute Gasteiger partial charge is 0.357 e. The van der Waals surface area contributed by atoms with E-state index in [4.69, 9.17) is 0 Å². The molecule has 1 aliphatic rings. The third kappa shape index (κ3) is 8.02. The summed E-state index contributed by atoms with van der Waals surface area (Å²) in [6, 6.07) is 4.41. The van der Waals surface area contributed by atoms with E-state index in [9.17, 15) is 4.21 Å². The zero-order valence-electron chi connectivity index (χ0n) is 15.2. The molecular weight excluding hydrogens is 447 g/mol. The fourth-order valence-electron chi connectivity index (χ4n) is 3.11. The van der Waals surface area contributed by atoms with Crippen molar-refractivity contribution in [2.45, 2.75) is 57.2 Å². The molecule has 142 valence electrons. The van der Waals surface area contributed by atoms with E-state index in [2.05, 4.69) is 33.6 Å². The molecule has 0 saturated heterocycles. The Morgan fingerprint density at radius 1 is 1.40 bits per heavy atom. The van der Waals surface area contributed by atoms with Crippen LogP contribution in [0, 0.1) is 0 Å². The molecule has 0 bridgehead atoms. The predicted octanol–water partition coefficient (Wildman–Crippen LogP) is 2.88. The maximum Gasteiger partial charge on any atom is 0.191 e. The van der Waals surface area contributed by atoms with Gasteiger partial charge in [0.2, 0.25) is 0 Å². The molecule has 0 radical (unpaired) electrons. The lowest BCUT2D eigenvalue weighted by atomic mass is 9.95. The molecule has 1 aromatic rings. The lowest BCUT2D eigenvalue weighted by Crippen LogP contribution is -2.46. The SMILES string of the molecule is CCNC(=NCCc1cccnc1)NC1CCCC(S(=O)CC)C1.I. The maximum absolute atomic E-state index is 12.1. The van der Waals surface area contributed by atoms with E-state index in [0.29, 0.717) is 11.3 Å². The van der Waals surface area contributed by atoms with Gasteiger partial charge in [-0.05, 0) is 44.2 Å². The van der Waals surface area contributed by atoms with Gasteiger partial charge in [0.25, 0.3) is 0 Å². The summed E-state index contributed by atoms with van der Waals surface area (Å²) in [6.07, 6.45) is 8.91. The van der Waals surface area contributed by atoms with Crippen LogP contribution in [0.2, 0.25) is 0 Å². The van der Waals surface area contributed by atoms with Crippen LogP contribution in [0.5, 0.6) is 0 Å². The van der Waals surface area contributed by atoms with Crippen molar-refractivity contribution in [2.24, 2.45) is 4.99 Å². The number of halogens is 1. The second-order valence-electron chi connectivity index (χ2n) is 6.17. The smallest absolute Gasteiger partial charge is 0.191 e. The molecule has 0 aromatic carbocycles. The van der Waals surface area contributed by atoms with E-state index in [-0.39, 0.29) is 24.0 Å². The number of guanidine groups is 1. The second kappa shape index (κ2) is 12.6. The van der Waals surface area contributed by atoms with Crippen molar-refractivity contribution < 1.29 is 4.21 Å². The van der Waals surface area contributed by atoms with Crippen LogP contribution in [-0.2, 0) is 17.2 Å². The van der Waals surface area contributed by atoms with Crippen LogP contribution in [0.1, 0.15) is 45.1 Å². The van der Waals surface area contributed by atoms with Crippen molar-refractivity contribution in [2.75, 3.05) is 18.8 Å². The summed E-state index contributed by atoms with van der Waals surface area (Å²) in [6.45, 7) is 5.67. The van der Waals surface area contributed by atoms with Gasteiger partial charge in [-0.1, -0.05) is 19.4 Å². The first-order valence-corrected chi connectivity index (χ1v) is 10.4. The fourth-order valence-corrected chi connectivity index (χ4v) is 4.45. The number of pyridine rings is 1. The monoisotopic (exact) mass is 478 g/mol. The highest BCUT2D eigenvalue weighted by atomic mass is 127. The Morgan fingerprint density at radius 2 is 2.24 bits per heavy atom. The van der Waals surface area contributed by atoms with Crippen LogP contribution in [0.3, 0.4) is 0 Å². The van der Waals surface area contributed by atoms with E-state index in [1.54, 1.807) is 6.20 Å². The second-order valence-corrected chi connectivity index (χ2v) is 8.18. The highest BCUT2D eigenvalue weighted by molar-refractivity contribution is 14.0. The van der Waals surface area contributed by atoms with Gasteiger partial charge < -0.3 is 10.6 Å². The summed E-state index contributed by atoms with van der Waals surface area (Å²) in [5.74, 6) is 1.63. The summed E-state index contributed by atoms with van der Waals surface area (Å²) in [4.78, 5) is 8.82. The van der Waals surface area contributed by atoms with Crippen LogP contribution in [-0.4, -0.2) is 45.3 Å². The van der Waals surface area contributed by atoms with Gasteiger partial charge in [-0.15, -0.1) is 24.0 Å². The molecule has 3 unspecified atom stereocenters. The van der Waals surface area contributed by atoms with Gasteiger partial charge in [0.05, 0.1) is 0 Å². The Hall–Kier alpha value is -0.700. The molecule has 1 saturated carbocycles. The van der Waals surface area contributed by atoms with Crippen molar-refractivity contribution in [3.63, 3.8) is 0 Å². The first kappa shape index (κ1) is 22.3. The molecule has 0 spiro atoms. The van der Waals surface area contributed by atoms with Crippen LogP contribution in [0.15, 0.2) is 29.5 Å². The van der Waals surface area contributed by atoms with Crippen molar-refractivity contribution in [1.82, 2.24) is 15.6 Å². The number of aliphatic imine (C=N–C) groups is 1. The quantitative estimate of drug-likeness (QED) is 0.360. The minimum Gasteiger partial charge on any atom is -0.357 e. The first-order chi connectivity index (χ1) is 11.7. The Balaban J connectivity index is 0.00000312. The van der Waals surface area contributed by atoms with Gasteiger partial charge in [0.1, 0.15) is 0 Å². The van der Waals surface area contributed by atoms with Gasteiger partial charge in [0.15, 0.2) is 5.96 Å². The Morgan fingerprint density at radius 3 is 2.92 bits per heavy atom. The van der Waals surface area contributed by atoms with E-state index in [0.717, 1.165) is 56.9 Å². The summed E-state index contributed by atoms with van der Waals surface area (Å²) in [5, 5.41) is 7.20. The van der Waals surface area contributed by atoms with Crippen molar-refractivity contribution >= 4 is 40.7 Å². The Bertz CT molecular complexity index is 541. The lowest BCUT2D eigenvalue weighted by molar-refractivity contribution is 0.413. The molecule has 1 aliphatic carbocycles. The average Bonchev–Trinajstić information content (AvgIpc) is 2.62. The number of rotatable bonds is 7. The number of aromatic nitrogens is 1. The van der Waals surface area contributed by atoms with Crippen molar-refractivity contribution in [3.05, 3.63) is 30.1 Å². The predicted molar refractivity (Wildman–Crippen MR) is 117 cm³/mol. The summed E-state index contributed by atoms with van der Waals surface area (Å²) in [5.41, 5.74) is 1.20. The molecule has 0 amide bonds. The maximum atomic E-state index is 12.1. The molecule has 5 nitrogen and oxygen atoms in total. The van der Waals surface area contributed by atoms with Gasteiger partial charge in [-0.25, -0.2) is 0 Å². The molecule has 1 fully saturated rings. The lowest BCUT2D eigenvalue weighted by Gasteiger charge is -2.30. The molecule has 3 atom stereocenters. The Labute approximate surface area is 171 Å². The van der Waals surface area contributed by atoms with Crippen molar-refractivity contribution in [1.29, 1.82) is 0 Å². The number of nitrogens with zero attached hydrogens (tertiary/aromatic N) is 2. The third-order valence-electron chi connectivity index (χ3n) is 4.36. The standard InChI is InChI=1S/C18H30N4OS.HI/c1-3-20-18(21-12-10-15-7-6-11-19-14-15)22-16-8-5-9-17(13-16)24(23)4-2;/h6-7,11,14,16-17H,3-5,8-10,12-13H2,1-2H3,(H2,20,21,22);1H. The van der Waals surface area contributed by atoms with Crippen LogP contribution in [0.4, 0.5) is 0 Å². The first-order valence-electron chi connectivity index (χ1n) is 9.03. The minimum absolute atomic E-state index is 0. The molecular formula is C18H31IN4OS. The van der Waals surface area contributed by atoms with E-state index >= 15 is 0 Å². The molecule has 1 heterocycles. The summed E-state index contributed by atoms with van der Waals surface area (Å²) < 4.78 is 12.1. The molecule has 1 aromatic heterocycles. The van der Waals surface area contributed by atoms with Gasteiger partial charge in [-0.3, -0.25) is 14.2 Å². The van der Waals surface area contributed by atoms with Crippen LogP contribution in [0.25, 0.3) is 0 Å². The van der Waals surface area contributed by atoms with Crippen LogP contribution < -0.4 is 10.6 Å². The van der Waals surface area contributed by atoms with E-state index < -0.39 is 10.8 Å². The number of hydrogen-bond donors (Lipinski definition) is 2. The van der Waals surface area contributed by atoms with Crippen LogP contribution >= 0.6 is 24.0 Å². The zero-order chi connectivity index (χ0) is 17.2. The molecule has 2 N–H and O–H groups in total. The van der Waals surface area contributed by atoms with E-state index in [1.807, 2.05) is 19.2 Å². The fraction of sp³-hybridized carbons (Fsp3) is 0.667. The topological polar surface area (TPSA) is 66.4 Å². The van der Waals surface area contributed by atoms with Crippen molar-refractivity contribution in [3.8, 4) is 0 Å². The zero-order valence-corrected chi connectivity index (χ0v) is 18.4. The highest BCUT2D eigenvalue weighted by Gasteiger charge is 2.25. The molecule has 2 rings (SSSR count). The minimum atomic E-state index is -0.690. The molecule has 7 heteroatoms.